The van der Waals surface area contributed by atoms with E-state index in [9.17, 15) is 9.59 Å². The van der Waals surface area contributed by atoms with Crippen molar-refractivity contribution in [3.05, 3.63) is 12.7 Å². The summed E-state index contributed by atoms with van der Waals surface area (Å²) in [5.74, 6) is 1.17. The van der Waals surface area contributed by atoms with Crippen molar-refractivity contribution in [2.45, 2.75) is 64.9 Å². The molecule has 5 atom stereocenters. The van der Waals surface area contributed by atoms with Crippen molar-refractivity contribution in [1.82, 2.24) is 5.32 Å². The lowest BCUT2D eigenvalue weighted by Crippen LogP contribution is -2.45. The first-order valence-electron chi connectivity index (χ1n) is 8.79. The van der Waals surface area contributed by atoms with E-state index >= 15 is 0 Å². The Morgan fingerprint density at radius 1 is 1.46 bits per heavy atom. The van der Waals surface area contributed by atoms with Gasteiger partial charge in [0, 0.05) is 0 Å². The number of cyclic esters (lactones) is 1. The summed E-state index contributed by atoms with van der Waals surface area (Å²) in [4.78, 5) is 23.4. The van der Waals surface area contributed by atoms with E-state index in [1.54, 1.807) is 0 Å². The molecule has 6 nitrogen and oxygen atoms in total. The molecule has 0 spiro atoms. The summed E-state index contributed by atoms with van der Waals surface area (Å²) in [6, 6.07) is -0.514. The SMILES string of the molecule is C=CCOC(=O)NC1CC(=O)OC1O[C@@H]1C[C@H](C)CC[C@H]1C(C)C. The van der Waals surface area contributed by atoms with Crippen LogP contribution in [-0.2, 0) is 19.0 Å². The molecule has 1 heterocycles. The molecule has 2 aliphatic rings. The molecule has 1 N–H and O–H groups in total. The number of rotatable bonds is 6. The first-order valence-corrected chi connectivity index (χ1v) is 8.79. The van der Waals surface area contributed by atoms with Crippen LogP contribution < -0.4 is 5.32 Å². The standard InChI is InChI=1S/C18H29NO5/c1-5-8-22-18(21)19-14-10-16(20)24-17(14)23-15-9-12(4)6-7-13(15)11(2)3/h5,11-15,17H,1,6-10H2,2-4H3,(H,19,21)/t12-,13+,14?,15-,17?/m1/s1. The molecule has 2 unspecified atom stereocenters. The largest absolute Gasteiger partial charge is 0.445 e. The zero-order valence-corrected chi connectivity index (χ0v) is 14.8. The molecular formula is C18H29NO5. The Morgan fingerprint density at radius 2 is 2.21 bits per heavy atom. The number of hydrogen-bond donors (Lipinski definition) is 1. The normalized spacial score (nSPS) is 33.2. The molecule has 0 bridgehead atoms. The number of carbonyl (C=O) groups is 2. The van der Waals surface area contributed by atoms with Crippen LogP contribution in [0.5, 0.6) is 0 Å². The Bertz CT molecular complexity index is 464. The van der Waals surface area contributed by atoms with Crippen LogP contribution in [0, 0.1) is 17.8 Å². The minimum absolute atomic E-state index is 0.0399. The number of nitrogens with one attached hydrogen (secondary N) is 1. The number of ether oxygens (including phenoxy) is 3. The van der Waals surface area contributed by atoms with Gasteiger partial charge in [-0.15, -0.1) is 0 Å². The minimum Gasteiger partial charge on any atom is -0.445 e. The Kier molecular flexibility index (Phi) is 6.66. The van der Waals surface area contributed by atoms with Crippen molar-refractivity contribution in [1.29, 1.82) is 0 Å². The number of amides is 1. The molecule has 24 heavy (non-hydrogen) atoms. The third kappa shape index (κ3) is 4.97. The molecule has 1 aliphatic heterocycles. The molecule has 0 aromatic heterocycles. The van der Waals surface area contributed by atoms with Gasteiger partial charge in [-0.1, -0.05) is 39.8 Å². The summed E-state index contributed by atoms with van der Waals surface area (Å²) < 4.78 is 16.4. The monoisotopic (exact) mass is 339 g/mol. The molecule has 0 aromatic rings. The average molecular weight is 339 g/mol. The third-order valence-electron chi connectivity index (χ3n) is 4.87. The predicted molar refractivity (Wildman–Crippen MR) is 89.2 cm³/mol. The van der Waals surface area contributed by atoms with Gasteiger partial charge in [0.1, 0.15) is 12.6 Å². The van der Waals surface area contributed by atoms with Gasteiger partial charge >= 0.3 is 12.1 Å². The summed E-state index contributed by atoms with van der Waals surface area (Å²) in [5.41, 5.74) is 0. The maximum Gasteiger partial charge on any atom is 0.407 e. The fraction of sp³-hybridized carbons (Fsp3) is 0.778. The van der Waals surface area contributed by atoms with Crippen LogP contribution >= 0.6 is 0 Å². The van der Waals surface area contributed by atoms with Gasteiger partial charge in [0.2, 0.25) is 6.29 Å². The lowest BCUT2D eigenvalue weighted by Gasteiger charge is -2.38. The van der Waals surface area contributed by atoms with E-state index in [-0.39, 0.29) is 25.1 Å². The fourth-order valence-corrected chi connectivity index (χ4v) is 3.55. The van der Waals surface area contributed by atoms with Gasteiger partial charge in [-0.25, -0.2) is 4.79 Å². The first-order chi connectivity index (χ1) is 11.4. The van der Waals surface area contributed by atoms with Crippen LogP contribution in [0.15, 0.2) is 12.7 Å². The average Bonchev–Trinajstić information content (AvgIpc) is 2.84. The van der Waals surface area contributed by atoms with E-state index in [0.29, 0.717) is 17.8 Å². The van der Waals surface area contributed by atoms with Crippen molar-refractivity contribution in [2.24, 2.45) is 17.8 Å². The molecule has 2 fully saturated rings. The second-order valence-corrected chi connectivity index (χ2v) is 7.20. The highest BCUT2D eigenvalue weighted by Gasteiger charge is 2.41. The number of esters is 1. The molecule has 1 amide bonds. The van der Waals surface area contributed by atoms with E-state index in [1.165, 1.54) is 12.5 Å². The summed E-state index contributed by atoms with van der Waals surface area (Å²) in [6.07, 6.45) is 3.55. The second-order valence-electron chi connectivity index (χ2n) is 7.20. The lowest BCUT2D eigenvalue weighted by atomic mass is 9.75. The second kappa shape index (κ2) is 8.51. The van der Waals surface area contributed by atoms with Gasteiger partial charge in [-0.3, -0.25) is 4.79 Å². The first kappa shape index (κ1) is 18.8. The molecule has 0 radical (unpaired) electrons. The molecular weight excluding hydrogens is 310 g/mol. The molecule has 6 heteroatoms. The topological polar surface area (TPSA) is 73.9 Å². The van der Waals surface area contributed by atoms with E-state index in [4.69, 9.17) is 14.2 Å². The van der Waals surface area contributed by atoms with Crippen molar-refractivity contribution in [2.75, 3.05) is 6.61 Å². The van der Waals surface area contributed by atoms with E-state index in [2.05, 4.69) is 32.7 Å². The Morgan fingerprint density at radius 3 is 2.88 bits per heavy atom. The van der Waals surface area contributed by atoms with Gasteiger partial charge in [-0.2, -0.15) is 0 Å². The Hall–Kier alpha value is -1.56. The molecule has 0 aromatic carbocycles. The van der Waals surface area contributed by atoms with Crippen LogP contribution in [0.25, 0.3) is 0 Å². The van der Waals surface area contributed by atoms with Crippen LogP contribution in [0.4, 0.5) is 4.79 Å². The van der Waals surface area contributed by atoms with Gasteiger partial charge in [0.05, 0.1) is 12.5 Å². The number of carbonyl (C=O) groups excluding carboxylic acids is 2. The third-order valence-corrected chi connectivity index (χ3v) is 4.87. The van der Waals surface area contributed by atoms with Crippen LogP contribution in [0.1, 0.15) is 46.5 Å². The molecule has 2 rings (SSSR count). The van der Waals surface area contributed by atoms with Crippen molar-refractivity contribution in [3.63, 3.8) is 0 Å². The van der Waals surface area contributed by atoms with E-state index in [1.807, 2.05) is 0 Å². The molecule has 1 saturated heterocycles. The quantitative estimate of drug-likeness (QED) is 0.595. The van der Waals surface area contributed by atoms with Gasteiger partial charge in [0.25, 0.3) is 0 Å². The van der Waals surface area contributed by atoms with E-state index in [0.717, 1.165) is 12.8 Å². The predicted octanol–water partition coefficient (Wildman–Crippen LogP) is 3.02. The van der Waals surface area contributed by atoms with Gasteiger partial charge < -0.3 is 19.5 Å². The Balaban J connectivity index is 1.97. The smallest absolute Gasteiger partial charge is 0.407 e. The highest BCUT2D eigenvalue weighted by Crippen LogP contribution is 2.37. The number of hydrogen-bond acceptors (Lipinski definition) is 5. The maximum absolute atomic E-state index is 11.7. The van der Waals surface area contributed by atoms with Crippen molar-refractivity contribution in [3.8, 4) is 0 Å². The van der Waals surface area contributed by atoms with Crippen LogP contribution in [0.3, 0.4) is 0 Å². The number of alkyl carbamates (subject to hydrolysis) is 1. The molecule has 1 saturated carbocycles. The van der Waals surface area contributed by atoms with Crippen LogP contribution in [0.2, 0.25) is 0 Å². The minimum atomic E-state index is -0.745. The van der Waals surface area contributed by atoms with Gasteiger partial charge in [0.15, 0.2) is 0 Å². The van der Waals surface area contributed by atoms with Crippen molar-refractivity contribution < 1.29 is 23.8 Å². The summed E-state index contributed by atoms with van der Waals surface area (Å²) in [5, 5.41) is 2.66. The highest BCUT2D eigenvalue weighted by molar-refractivity contribution is 5.75. The summed E-state index contributed by atoms with van der Waals surface area (Å²) >= 11 is 0. The molecule has 1 aliphatic carbocycles. The summed E-state index contributed by atoms with van der Waals surface area (Å²) in [7, 11) is 0. The zero-order valence-electron chi connectivity index (χ0n) is 14.8. The zero-order chi connectivity index (χ0) is 17.7. The maximum atomic E-state index is 11.7. The Labute approximate surface area is 143 Å². The highest BCUT2D eigenvalue weighted by atomic mass is 16.7. The van der Waals surface area contributed by atoms with Gasteiger partial charge in [-0.05, 0) is 30.6 Å². The molecule has 136 valence electrons. The van der Waals surface area contributed by atoms with Crippen LogP contribution in [-0.4, -0.2) is 37.1 Å². The van der Waals surface area contributed by atoms with Crippen molar-refractivity contribution >= 4 is 12.1 Å². The lowest BCUT2D eigenvalue weighted by molar-refractivity contribution is -0.190. The fourth-order valence-electron chi connectivity index (χ4n) is 3.55. The summed E-state index contributed by atoms with van der Waals surface area (Å²) in [6.45, 7) is 10.2. The van der Waals surface area contributed by atoms with E-state index < -0.39 is 18.4 Å².